The van der Waals surface area contributed by atoms with Crippen LogP contribution >= 0.6 is 11.3 Å². The lowest BCUT2D eigenvalue weighted by atomic mass is 10.2. The smallest absolute Gasteiger partial charge is 0.284 e. The number of carbonyl (C=O) groups is 1. The summed E-state index contributed by atoms with van der Waals surface area (Å²) in [6.07, 6.45) is 0.300. The monoisotopic (exact) mass is 516 g/mol. The second-order valence-electron chi connectivity index (χ2n) is 8.12. The van der Waals surface area contributed by atoms with Crippen LogP contribution in [0.4, 0.5) is 10.8 Å². The van der Waals surface area contributed by atoms with Gasteiger partial charge in [-0.25, -0.2) is 18.1 Å². The highest BCUT2D eigenvalue weighted by atomic mass is 32.2. The average molecular weight is 517 g/mol. The van der Waals surface area contributed by atoms with Gasteiger partial charge in [0.15, 0.2) is 5.13 Å². The fourth-order valence-corrected chi connectivity index (χ4v) is 5.51. The highest BCUT2D eigenvalue weighted by molar-refractivity contribution is 7.90. The lowest BCUT2D eigenvalue weighted by Gasteiger charge is -2.22. The van der Waals surface area contributed by atoms with Crippen molar-refractivity contribution in [3.63, 3.8) is 0 Å². The van der Waals surface area contributed by atoms with Crippen molar-refractivity contribution in [1.82, 2.24) is 9.71 Å². The van der Waals surface area contributed by atoms with Gasteiger partial charge < -0.3 is 4.90 Å². The predicted molar refractivity (Wildman–Crippen MR) is 142 cm³/mol. The van der Waals surface area contributed by atoms with Gasteiger partial charge in [0.05, 0.1) is 23.9 Å². The molecule has 0 atom stereocenters. The van der Waals surface area contributed by atoms with Gasteiger partial charge in [0.25, 0.3) is 5.91 Å². The summed E-state index contributed by atoms with van der Waals surface area (Å²) in [5, 5.41) is 9.70. The molecular weight excluding hydrogens is 492 g/mol. The fourth-order valence-electron chi connectivity index (χ4n) is 3.60. The summed E-state index contributed by atoms with van der Waals surface area (Å²) in [6, 6.07) is 28.2. The van der Waals surface area contributed by atoms with Crippen molar-refractivity contribution in [2.75, 3.05) is 10.7 Å². The second kappa shape index (κ2) is 11.2. The number of aromatic nitrogens is 1. The first kappa shape index (κ1) is 25.1. The van der Waals surface area contributed by atoms with Gasteiger partial charge in [0, 0.05) is 10.6 Å². The number of thiazole rings is 1. The molecule has 0 aliphatic heterocycles. The van der Waals surface area contributed by atoms with Gasteiger partial charge in [0.2, 0.25) is 10.0 Å². The molecule has 0 spiro atoms. The Kier molecular flexibility index (Phi) is 7.78. The lowest BCUT2D eigenvalue weighted by molar-refractivity contribution is 0.0976. The van der Waals surface area contributed by atoms with Crippen LogP contribution in [0.3, 0.4) is 0 Å². The number of nitriles is 1. The molecule has 0 fully saturated rings. The summed E-state index contributed by atoms with van der Waals surface area (Å²) in [5.74, 6) is -0.952. The summed E-state index contributed by atoms with van der Waals surface area (Å²) in [5.41, 5.74) is 3.32. The van der Waals surface area contributed by atoms with Gasteiger partial charge in [-0.2, -0.15) is 5.26 Å². The lowest BCUT2D eigenvalue weighted by Crippen LogP contribution is -2.33. The van der Waals surface area contributed by atoms with Crippen molar-refractivity contribution in [1.29, 1.82) is 5.26 Å². The number of carbonyl (C=O) groups excluding carboxylic acids is 1. The van der Waals surface area contributed by atoms with Crippen LogP contribution in [0.2, 0.25) is 0 Å². The average Bonchev–Trinajstić information content (AvgIpc) is 3.28. The second-order valence-corrected chi connectivity index (χ2v) is 11.1. The Morgan fingerprint density at radius 1 is 0.972 bits per heavy atom. The predicted octanol–water partition coefficient (Wildman–Crippen LogP) is 4.96. The molecule has 7 nitrogen and oxygen atoms in total. The molecule has 0 saturated carbocycles. The van der Waals surface area contributed by atoms with Crippen molar-refractivity contribution >= 4 is 38.1 Å². The molecule has 182 valence electrons. The molecule has 1 N–H and O–H groups in total. The Morgan fingerprint density at radius 3 is 2.19 bits per heavy atom. The van der Waals surface area contributed by atoms with Crippen LogP contribution in [0, 0.1) is 18.3 Å². The van der Waals surface area contributed by atoms with Gasteiger partial charge in [-0.05, 0) is 48.7 Å². The number of rotatable bonds is 9. The fraction of sp³-hybridized carbons (Fsp3) is 0.148. The Balaban J connectivity index is 1.56. The van der Waals surface area contributed by atoms with Crippen molar-refractivity contribution in [3.05, 3.63) is 112 Å². The third-order valence-corrected chi connectivity index (χ3v) is 7.71. The van der Waals surface area contributed by atoms with E-state index in [9.17, 15) is 13.2 Å². The molecule has 0 bridgehead atoms. The van der Waals surface area contributed by atoms with Crippen LogP contribution in [0.1, 0.15) is 32.1 Å². The summed E-state index contributed by atoms with van der Waals surface area (Å²) < 4.78 is 27.3. The third kappa shape index (κ3) is 6.36. The maximum absolute atomic E-state index is 12.9. The molecule has 0 radical (unpaired) electrons. The van der Waals surface area contributed by atoms with Gasteiger partial charge in [-0.1, -0.05) is 60.7 Å². The number of amides is 1. The Bertz CT molecular complexity index is 1480. The van der Waals surface area contributed by atoms with E-state index in [-0.39, 0.29) is 11.4 Å². The Labute approximate surface area is 214 Å². The molecule has 0 unspecified atom stereocenters. The number of benzene rings is 3. The molecule has 1 heterocycles. The molecule has 9 heteroatoms. The molecule has 4 aromatic rings. The molecule has 0 saturated heterocycles. The molecule has 4 rings (SSSR count). The number of hydrogen-bond donors (Lipinski definition) is 1. The van der Waals surface area contributed by atoms with E-state index in [1.165, 1.54) is 11.3 Å². The summed E-state index contributed by atoms with van der Waals surface area (Å²) in [7, 11) is -3.84. The van der Waals surface area contributed by atoms with Crippen molar-refractivity contribution in [2.24, 2.45) is 0 Å². The first-order chi connectivity index (χ1) is 17.3. The van der Waals surface area contributed by atoms with Crippen LogP contribution in [0.15, 0.2) is 84.9 Å². The van der Waals surface area contributed by atoms with Crippen LogP contribution in [-0.2, 0) is 23.0 Å². The first-order valence-corrected chi connectivity index (χ1v) is 13.7. The minimum absolute atomic E-state index is 0.0741. The van der Waals surface area contributed by atoms with E-state index in [0.29, 0.717) is 28.5 Å². The van der Waals surface area contributed by atoms with Gasteiger partial charge >= 0.3 is 0 Å². The quantitative estimate of drug-likeness (QED) is 0.337. The van der Waals surface area contributed by atoms with E-state index in [4.69, 9.17) is 5.26 Å². The zero-order chi connectivity index (χ0) is 25.5. The van der Waals surface area contributed by atoms with E-state index < -0.39 is 15.9 Å². The number of sulfonamides is 1. The Morgan fingerprint density at radius 2 is 1.58 bits per heavy atom. The molecular formula is C27H24N4O3S2. The van der Waals surface area contributed by atoms with Crippen molar-refractivity contribution in [3.8, 4) is 6.07 Å². The van der Waals surface area contributed by atoms with E-state index >= 15 is 0 Å². The number of nitrogens with one attached hydrogen (secondary N) is 1. The van der Waals surface area contributed by atoms with Crippen LogP contribution < -0.4 is 9.62 Å². The highest BCUT2D eigenvalue weighted by Crippen LogP contribution is 2.33. The summed E-state index contributed by atoms with van der Waals surface area (Å²) in [4.78, 5) is 20.0. The number of anilines is 2. The minimum atomic E-state index is -3.84. The SMILES string of the molecule is Cc1sc(N(Cc2ccccc2)c2ccc(C#N)cc2)nc1C(=O)NS(=O)(=O)CCc1ccccc1. The highest BCUT2D eigenvalue weighted by Gasteiger charge is 2.24. The van der Waals surface area contributed by atoms with Crippen molar-refractivity contribution in [2.45, 2.75) is 19.9 Å². The van der Waals surface area contributed by atoms with E-state index in [2.05, 4.69) is 15.8 Å². The molecule has 0 aliphatic rings. The normalized spacial score (nSPS) is 11.0. The first-order valence-electron chi connectivity index (χ1n) is 11.2. The molecule has 3 aromatic carbocycles. The zero-order valence-corrected chi connectivity index (χ0v) is 21.2. The minimum Gasteiger partial charge on any atom is -0.313 e. The van der Waals surface area contributed by atoms with E-state index in [0.717, 1.165) is 16.8 Å². The van der Waals surface area contributed by atoms with Crippen LogP contribution in [-0.4, -0.2) is 25.1 Å². The topological polar surface area (TPSA) is 103 Å². The summed E-state index contributed by atoms with van der Waals surface area (Å²) in [6.45, 7) is 2.22. The maximum atomic E-state index is 12.9. The van der Waals surface area contributed by atoms with Gasteiger partial charge in [-0.3, -0.25) is 4.79 Å². The Hall–Kier alpha value is -4.00. The zero-order valence-electron chi connectivity index (χ0n) is 19.6. The molecule has 1 amide bonds. The molecule has 1 aromatic heterocycles. The number of hydrogen-bond acceptors (Lipinski definition) is 7. The molecule has 0 aliphatic carbocycles. The van der Waals surface area contributed by atoms with E-state index in [1.807, 2.05) is 77.7 Å². The molecule has 36 heavy (non-hydrogen) atoms. The van der Waals surface area contributed by atoms with Gasteiger partial charge in [-0.15, -0.1) is 11.3 Å². The van der Waals surface area contributed by atoms with Crippen LogP contribution in [0.25, 0.3) is 0 Å². The third-order valence-electron chi connectivity index (χ3n) is 5.47. The van der Waals surface area contributed by atoms with E-state index in [1.54, 1.807) is 19.1 Å². The maximum Gasteiger partial charge on any atom is 0.284 e. The number of nitrogens with zero attached hydrogens (tertiary/aromatic N) is 3. The summed E-state index contributed by atoms with van der Waals surface area (Å²) >= 11 is 1.31. The van der Waals surface area contributed by atoms with Gasteiger partial charge in [0.1, 0.15) is 5.69 Å². The van der Waals surface area contributed by atoms with Crippen molar-refractivity contribution < 1.29 is 13.2 Å². The number of aryl methyl sites for hydroxylation is 2. The largest absolute Gasteiger partial charge is 0.313 e. The van der Waals surface area contributed by atoms with Crippen LogP contribution in [0.5, 0.6) is 0 Å². The standard InChI is InChI=1S/C27H24N4O3S2/c1-20-25(26(32)30-36(33,34)17-16-21-8-4-2-5-9-21)29-27(35-20)31(19-23-10-6-3-7-11-23)24-14-12-22(18-28)13-15-24/h2-15H,16-17,19H2,1H3,(H,30,32).